The summed E-state index contributed by atoms with van der Waals surface area (Å²) in [5.41, 5.74) is 3.72. The van der Waals surface area contributed by atoms with Crippen LogP contribution in [-0.2, 0) is 5.88 Å². The molecule has 0 bridgehead atoms. The second kappa shape index (κ2) is 4.70. The van der Waals surface area contributed by atoms with Crippen LogP contribution in [0.4, 0.5) is 0 Å². The van der Waals surface area contributed by atoms with E-state index >= 15 is 0 Å². The van der Waals surface area contributed by atoms with Gasteiger partial charge in [0.05, 0.1) is 17.3 Å². The minimum atomic E-state index is 0.152. The van der Waals surface area contributed by atoms with Gasteiger partial charge < -0.3 is 4.52 Å². The summed E-state index contributed by atoms with van der Waals surface area (Å²) in [5, 5.41) is 4.08. The van der Waals surface area contributed by atoms with Gasteiger partial charge in [-0.15, -0.1) is 11.6 Å². The summed E-state index contributed by atoms with van der Waals surface area (Å²) in [4.78, 5) is 9.21. The molecular formula is C15H14ClN3O. The van der Waals surface area contributed by atoms with Crippen LogP contribution in [0.3, 0.4) is 0 Å². The van der Waals surface area contributed by atoms with Gasteiger partial charge in [-0.25, -0.2) is 0 Å². The maximum Gasteiger partial charge on any atom is 0.241 e. The van der Waals surface area contributed by atoms with Crippen LogP contribution in [0.15, 0.2) is 45.1 Å². The zero-order valence-corrected chi connectivity index (χ0v) is 11.7. The predicted octanol–water partition coefficient (Wildman–Crippen LogP) is 3.53. The van der Waals surface area contributed by atoms with Crippen molar-refractivity contribution in [2.45, 2.75) is 31.1 Å². The molecule has 102 valence electrons. The Bertz CT molecular complexity index is 668. The number of hydrogen-bond acceptors (Lipinski definition) is 4. The normalized spacial score (nSPS) is 27.6. The highest BCUT2D eigenvalue weighted by atomic mass is 35.5. The van der Waals surface area contributed by atoms with Gasteiger partial charge >= 0.3 is 0 Å². The Hall–Kier alpha value is -1.68. The van der Waals surface area contributed by atoms with E-state index in [9.17, 15) is 0 Å². The number of rotatable bonds is 2. The van der Waals surface area contributed by atoms with Crippen LogP contribution in [-0.4, -0.2) is 15.9 Å². The van der Waals surface area contributed by atoms with Crippen molar-refractivity contribution in [3.8, 4) is 0 Å². The van der Waals surface area contributed by atoms with Crippen molar-refractivity contribution < 1.29 is 4.52 Å². The second-order valence-electron chi connectivity index (χ2n) is 5.29. The molecule has 0 aromatic carbocycles. The highest BCUT2D eigenvalue weighted by Crippen LogP contribution is 2.45. The third-order valence-corrected chi connectivity index (χ3v) is 4.36. The van der Waals surface area contributed by atoms with E-state index in [2.05, 4.69) is 28.4 Å². The van der Waals surface area contributed by atoms with Crippen molar-refractivity contribution in [2.75, 3.05) is 0 Å². The van der Waals surface area contributed by atoms with Gasteiger partial charge in [-0.1, -0.05) is 23.4 Å². The first-order valence-electron chi connectivity index (χ1n) is 6.91. The van der Waals surface area contributed by atoms with Gasteiger partial charge in [-0.3, -0.25) is 4.99 Å². The average molecular weight is 288 g/mol. The van der Waals surface area contributed by atoms with Crippen molar-refractivity contribution in [1.29, 1.82) is 0 Å². The van der Waals surface area contributed by atoms with Crippen molar-refractivity contribution in [2.24, 2.45) is 10.9 Å². The van der Waals surface area contributed by atoms with Gasteiger partial charge in [0.15, 0.2) is 5.82 Å². The summed E-state index contributed by atoms with van der Waals surface area (Å²) in [7, 11) is 0. The quantitative estimate of drug-likeness (QED) is 0.782. The van der Waals surface area contributed by atoms with E-state index in [4.69, 9.17) is 21.1 Å². The number of aliphatic imine (C=N–C) groups is 1. The fraction of sp³-hybridized carbons (Fsp3) is 0.400. The van der Waals surface area contributed by atoms with Crippen LogP contribution in [0.2, 0.25) is 0 Å². The van der Waals surface area contributed by atoms with E-state index in [1.54, 1.807) is 0 Å². The number of halogens is 1. The summed E-state index contributed by atoms with van der Waals surface area (Å²) < 4.78 is 5.14. The number of fused-ring (bicyclic) bond motifs is 2. The van der Waals surface area contributed by atoms with E-state index in [0.717, 1.165) is 36.5 Å². The van der Waals surface area contributed by atoms with E-state index < -0.39 is 0 Å². The minimum absolute atomic E-state index is 0.152. The summed E-state index contributed by atoms with van der Waals surface area (Å²) in [6.07, 6.45) is 11.8. The fourth-order valence-corrected chi connectivity index (χ4v) is 3.35. The SMILES string of the molecule is ClCc1nc([C@H]2CCCC3=C2N=C2C=CC=C[C@@H]23)no1. The number of alkyl halides is 1. The van der Waals surface area contributed by atoms with Crippen LogP contribution >= 0.6 is 11.6 Å². The first kappa shape index (κ1) is 12.1. The van der Waals surface area contributed by atoms with Gasteiger partial charge in [-0.2, -0.15) is 4.98 Å². The standard InChI is InChI=1S/C15H14ClN3O/c16-8-13-18-15(19-20-13)11-6-3-5-10-9-4-1-2-7-12(9)17-14(10)11/h1-2,4,7,9,11H,3,5-6,8H2/t9-,11+/m1/s1. The van der Waals surface area contributed by atoms with E-state index in [1.807, 2.05) is 6.08 Å². The molecule has 1 aromatic rings. The van der Waals surface area contributed by atoms with E-state index in [1.165, 1.54) is 5.57 Å². The molecule has 20 heavy (non-hydrogen) atoms. The molecule has 0 saturated heterocycles. The number of nitrogens with zero attached hydrogens (tertiary/aromatic N) is 3. The number of hydrogen-bond donors (Lipinski definition) is 0. The molecule has 1 aliphatic heterocycles. The molecule has 0 radical (unpaired) electrons. The van der Waals surface area contributed by atoms with Gasteiger partial charge in [0.1, 0.15) is 5.88 Å². The molecule has 2 atom stereocenters. The van der Waals surface area contributed by atoms with Crippen LogP contribution in [0.25, 0.3) is 0 Å². The second-order valence-corrected chi connectivity index (χ2v) is 5.56. The number of aromatic nitrogens is 2. The Morgan fingerprint density at radius 2 is 2.30 bits per heavy atom. The molecule has 1 aromatic heterocycles. The molecular weight excluding hydrogens is 274 g/mol. The van der Waals surface area contributed by atoms with Crippen molar-refractivity contribution in [1.82, 2.24) is 10.1 Å². The molecule has 0 N–H and O–H groups in total. The van der Waals surface area contributed by atoms with Gasteiger partial charge in [0, 0.05) is 5.92 Å². The third-order valence-electron chi connectivity index (χ3n) is 4.13. The molecule has 2 heterocycles. The Kier molecular flexibility index (Phi) is 2.84. The van der Waals surface area contributed by atoms with Crippen LogP contribution in [0, 0.1) is 5.92 Å². The molecule has 3 aliphatic rings. The van der Waals surface area contributed by atoms with E-state index in [-0.39, 0.29) is 11.8 Å². The Labute approximate surface area is 121 Å². The summed E-state index contributed by atoms with van der Waals surface area (Å²) in [6.45, 7) is 0. The molecule has 4 nitrogen and oxygen atoms in total. The summed E-state index contributed by atoms with van der Waals surface area (Å²) >= 11 is 5.74. The first-order chi connectivity index (χ1) is 9.86. The molecule has 0 saturated carbocycles. The smallest absolute Gasteiger partial charge is 0.241 e. The maximum absolute atomic E-state index is 5.74. The van der Waals surface area contributed by atoms with E-state index in [0.29, 0.717) is 11.8 Å². The maximum atomic E-state index is 5.74. The van der Waals surface area contributed by atoms with Gasteiger partial charge in [-0.05, 0) is 30.9 Å². The van der Waals surface area contributed by atoms with Crippen LogP contribution in [0.5, 0.6) is 0 Å². The lowest BCUT2D eigenvalue weighted by Gasteiger charge is -2.22. The molecule has 0 amide bonds. The summed E-state index contributed by atoms with van der Waals surface area (Å²) in [5.74, 6) is 1.98. The number of allylic oxidation sites excluding steroid dienone is 6. The highest BCUT2D eigenvalue weighted by molar-refractivity contribution is 6.16. The lowest BCUT2D eigenvalue weighted by molar-refractivity contribution is 0.379. The molecule has 0 fully saturated rings. The molecule has 4 rings (SSSR count). The minimum Gasteiger partial charge on any atom is -0.338 e. The van der Waals surface area contributed by atoms with Crippen molar-refractivity contribution in [3.05, 3.63) is 47.3 Å². The molecule has 2 aliphatic carbocycles. The highest BCUT2D eigenvalue weighted by Gasteiger charge is 2.36. The first-order valence-corrected chi connectivity index (χ1v) is 7.45. The fourth-order valence-electron chi connectivity index (χ4n) is 3.24. The Morgan fingerprint density at radius 1 is 1.35 bits per heavy atom. The monoisotopic (exact) mass is 287 g/mol. The van der Waals surface area contributed by atoms with Gasteiger partial charge in [0.25, 0.3) is 0 Å². The topological polar surface area (TPSA) is 51.3 Å². The Balaban J connectivity index is 1.74. The van der Waals surface area contributed by atoms with Crippen LogP contribution in [0.1, 0.15) is 36.9 Å². The molecule has 5 heteroatoms. The lowest BCUT2D eigenvalue weighted by atomic mass is 9.81. The third kappa shape index (κ3) is 1.79. The van der Waals surface area contributed by atoms with Crippen LogP contribution < -0.4 is 0 Å². The average Bonchev–Trinajstić information content (AvgIpc) is 3.11. The predicted molar refractivity (Wildman–Crippen MR) is 76.7 cm³/mol. The van der Waals surface area contributed by atoms with Crippen molar-refractivity contribution in [3.63, 3.8) is 0 Å². The Morgan fingerprint density at radius 3 is 3.15 bits per heavy atom. The zero-order chi connectivity index (χ0) is 13.5. The summed E-state index contributed by atoms with van der Waals surface area (Å²) in [6, 6.07) is 0. The lowest BCUT2D eigenvalue weighted by Crippen LogP contribution is -2.14. The van der Waals surface area contributed by atoms with Crippen molar-refractivity contribution >= 4 is 17.3 Å². The zero-order valence-electron chi connectivity index (χ0n) is 10.9. The molecule has 0 unspecified atom stereocenters. The van der Waals surface area contributed by atoms with Gasteiger partial charge in [0.2, 0.25) is 5.89 Å². The largest absolute Gasteiger partial charge is 0.338 e. The molecule has 0 spiro atoms.